The third-order valence-electron chi connectivity index (χ3n) is 3.42. The van der Waals surface area contributed by atoms with Crippen LogP contribution in [0, 0.1) is 6.92 Å². The van der Waals surface area contributed by atoms with Gasteiger partial charge in [-0.05, 0) is 44.2 Å². The molecule has 0 aliphatic heterocycles. The molecule has 2 aromatic rings. The second-order valence-electron chi connectivity index (χ2n) is 4.97. The molecule has 0 radical (unpaired) electrons. The zero-order valence-corrected chi connectivity index (χ0v) is 13.6. The Hall–Kier alpha value is -0.670. The number of hydrogen-bond acceptors (Lipinski definition) is 2. The number of halogens is 1. The standard InChI is InChI=1S/C15H21ClN2S/c1-5-12(9-19-4)18-14-7-6-10(2)8-13(14)17-15(18)11(3)16/h6-8,11-12H,5,9H2,1-4H3. The maximum absolute atomic E-state index is 6.33. The molecular formula is C15H21ClN2S. The molecule has 2 atom stereocenters. The van der Waals surface area contributed by atoms with Crippen molar-refractivity contribution in [2.24, 2.45) is 0 Å². The van der Waals surface area contributed by atoms with Crippen LogP contribution in [0.25, 0.3) is 11.0 Å². The molecule has 0 aliphatic carbocycles. The van der Waals surface area contributed by atoms with Gasteiger partial charge in [-0.15, -0.1) is 11.6 Å². The van der Waals surface area contributed by atoms with Crippen molar-refractivity contribution in [3.05, 3.63) is 29.6 Å². The Balaban J connectivity index is 2.63. The van der Waals surface area contributed by atoms with Gasteiger partial charge in [-0.3, -0.25) is 0 Å². The maximum atomic E-state index is 6.33. The highest BCUT2D eigenvalue weighted by Crippen LogP contribution is 2.31. The topological polar surface area (TPSA) is 17.8 Å². The van der Waals surface area contributed by atoms with Crippen molar-refractivity contribution in [3.8, 4) is 0 Å². The van der Waals surface area contributed by atoms with Crippen LogP contribution in [0.5, 0.6) is 0 Å². The highest BCUT2D eigenvalue weighted by atomic mass is 35.5. The number of benzene rings is 1. The molecule has 0 saturated heterocycles. The average Bonchev–Trinajstić information content (AvgIpc) is 2.74. The van der Waals surface area contributed by atoms with E-state index in [9.17, 15) is 0 Å². The number of imidazole rings is 1. The molecular weight excluding hydrogens is 276 g/mol. The van der Waals surface area contributed by atoms with Gasteiger partial charge in [-0.2, -0.15) is 11.8 Å². The van der Waals surface area contributed by atoms with E-state index in [0.29, 0.717) is 6.04 Å². The van der Waals surface area contributed by atoms with E-state index in [1.165, 1.54) is 11.1 Å². The van der Waals surface area contributed by atoms with Crippen molar-refractivity contribution in [2.45, 2.75) is 38.6 Å². The molecule has 0 spiro atoms. The summed E-state index contributed by atoms with van der Waals surface area (Å²) in [6.45, 7) is 6.32. The first-order valence-electron chi connectivity index (χ1n) is 6.70. The number of aromatic nitrogens is 2. The van der Waals surface area contributed by atoms with Crippen LogP contribution in [0.3, 0.4) is 0 Å². The van der Waals surface area contributed by atoms with Crippen LogP contribution in [0.1, 0.15) is 43.1 Å². The molecule has 1 aromatic carbocycles. The third-order valence-corrected chi connectivity index (χ3v) is 4.34. The Morgan fingerprint density at radius 3 is 2.74 bits per heavy atom. The maximum Gasteiger partial charge on any atom is 0.127 e. The lowest BCUT2D eigenvalue weighted by Gasteiger charge is -2.20. The van der Waals surface area contributed by atoms with Gasteiger partial charge >= 0.3 is 0 Å². The van der Waals surface area contributed by atoms with E-state index in [1.807, 2.05) is 18.7 Å². The summed E-state index contributed by atoms with van der Waals surface area (Å²) in [7, 11) is 0. The molecule has 0 bridgehead atoms. The number of fused-ring (bicyclic) bond motifs is 1. The molecule has 4 heteroatoms. The first-order valence-corrected chi connectivity index (χ1v) is 8.53. The minimum atomic E-state index is -0.0661. The van der Waals surface area contributed by atoms with E-state index >= 15 is 0 Å². The van der Waals surface area contributed by atoms with Crippen molar-refractivity contribution < 1.29 is 0 Å². The number of hydrogen-bond donors (Lipinski definition) is 0. The molecule has 0 aliphatic rings. The summed E-state index contributed by atoms with van der Waals surface area (Å²) in [6.07, 6.45) is 3.24. The van der Waals surface area contributed by atoms with Crippen molar-refractivity contribution in [1.29, 1.82) is 0 Å². The lowest BCUT2D eigenvalue weighted by Crippen LogP contribution is -2.14. The molecule has 0 amide bonds. The molecule has 1 aromatic heterocycles. The van der Waals surface area contributed by atoms with Gasteiger partial charge in [0.2, 0.25) is 0 Å². The second-order valence-corrected chi connectivity index (χ2v) is 6.53. The zero-order valence-electron chi connectivity index (χ0n) is 12.0. The van der Waals surface area contributed by atoms with Gasteiger partial charge in [0.1, 0.15) is 5.82 Å². The van der Waals surface area contributed by atoms with E-state index < -0.39 is 0 Å². The molecule has 0 saturated carbocycles. The SMILES string of the molecule is CCC(CSC)n1c(C(C)Cl)nc2cc(C)ccc21. The molecule has 19 heavy (non-hydrogen) atoms. The fraction of sp³-hybridized carbons (Fsp3) is 0.533. The summed E-state index contributed by atoms with van der Waals surface area (Å²) in [4.78, 5) is 4.75. The molecule has 2 rings (SSSR count). The van der Waals surface area contributed by atoms with Gasteiger partial charge < -0.3 is 4.57 Å². The Morgan fingerprint density at radius 1 is 1.42 bits per heavy atom. The lowest BCUT2D eigenvalue weighted by molar-refractivity contribution is 0.530. The summed E-state index contributed by atoms with van der Waals surface area (Å²) in [5.41, 5.74) is 3.50. The van der Waals surface area contributed by atoms with Crippen LogP contribution in [-0.4, -0.2) is 21.6 Å². The van der Waals surface area contributed by atoms with Crippen molar-refractivity contribution >= 4 is 34.4 Å². The molecule has 1 heterocycles. The van der Waals surface area contributed by atoms with Crippen molar-refractivity contribution in [3.63, 3.8) is 0 Å². The fourth-order valence-corrected chi connectivity index (χ4v) is 3.38. The Bertz CT molecular complexity index is 563. The predicted octanol–water partition coefficient (Wildman–Crippen LogP) is 4.96. The van der Waals surface area contributed by atoms with Crippen molar-refractivity contribution in [2.75, 3.05) is 12.0 Å². The zero-order chi connectivity index (χ0) is 14.0. The lowest BCUT2D eigenvalue weighted by atomic mass is 10.2. The minimum absolute atomic E-state index is 0.0661. The third kappa shape index (κ3) is 2.92. The summed E-state index contributed by atoms with van der Waals surface area (Å²) < 4.78 is 2.34. The number of alkyl halides is 1. The number of rotatable bonds is 5. The van der Waals surface area contributed by atoms with Crippen LogP contribution < -0.4 is 0 Å². The molecule has 2 nitrogen and oxygen atoms in total. The number of aryl methyl sites for hydroxylation is 1. The quantitative estimate of drug-likeness (QED) is 0.726. The molecule has 2 unspecified atom stereocenters. The average molecular weight is 297 g/mol. The highest BCUT2D eigenvalue weighted by Gasteiger charge is 2.20. The summed E-state index contributed by atoms with van der Waals surface area (Å²) in [5.74, 6) is 2.08. The van der Waals surface area contributed by atoms with Crippen LogP contribution in [0.2, 0.25) is 0 Å². The normalized spacial score (nSPS) is 14.8. The van der Waals surface area contributed by atoms with Gasteiger partial charge in [0, 0.05) is 11.8 Å². The predicted molar refractivity (Wildman–Crippen MR) is 86.4 cm³/mol. The minimum Gasteiger partial charge on any atom is -0.323 e. The molecule has 104 valence electrons. The Labute approximate surface area is 124 Å². The second kappa shape index (κ2) is 6.19. The van der Waals surface area contributed by atoms with Crippen LogP contribution >= 0.6 is 23.4 Å². The Morgan fingerprint density at radius 2 is 2.16 bits per heavy atom. The molecule has 0 fully saturated rings. The Kier molecular flexibility index (Phi) is 4.80. The number of nitrogens with zero attached hydrogens (tertiary/aromatic N) is 2. The smallest absolute Gasteiger partial charge is 0.127 e. The van der Waals surface area contributed by atoms with Crippen LogP contribution in [-0.2, 0) is 0 Å². The summed E-state index contributed by atoms with van der Waals surface area (Å²) in [6, 6.07) is 6.91. The van der Waals surface area contributed by atoms with Gasteiger partial charge in [0.05, 0.1) is 16.4 Å². The first-order chi connectivity index (χ1) is 9.08. The van der Waals surface area contributed by atoms with E-state index in [0.717, 1.165) is 23.5 Å². The van der Waals surface area contributed by atoms with Crippen molar-refractivity contribution in [1.82, 2.24) is 9.55 Å². The highest BCUT2D eigenvalue weighted by molar-refractivity contribution is 7.98. The van der Waals surface area contributed by atoms with Gasteiger partial charge in [0.25, 0.3) is 0 Å². The summed E-state index contributed by atoms with van der Waals surface area (Å²) in [5, 5.41) is -0.0661. The largest absolute Gasteiger partial charge is 0.323 e. The van der Waals surface area contributed by atoms with Gasteiger partial charge in [0.15, 0.2) is 0 Å². The van der Waals surface area contributed by atoms with Gasteiger partial charge in [-0.25, -0.2) is 4.98 Å². The van der Waals surface area contributed by atoms with Crippen LogP contribution in [0.4, 0.5) is 0 Å². The molecule has 0 N–H and O–H groups in total. The van der Waals surface area contributed by atoms with E-state index in [-0.39, 0.29) is 5.38 Å². The van der Waals surface area contributed by atoms with Crippen LogP contribution in [0.15, 0.2) is 18.2 Å². The fourth-order valence-electron chi connectivity index (χ4n) is 2.46. The monoisotopic (exact) mass is 296 g/mol. The van der Waals surface area contributed by atoms with E-state index in [2.05, 4.69) is 42.9 Å². The van der Waals surface area contributed by atoms with E-state index in [4.69, 9.17) is 16.6 Å². The summed E-state index contributed by atoms with van der Waals surface area (Å²) >= 11 is 8.20. The number of thioether (sulfide) groups is 1. The first kappa shape index (κ1) is 14.7. The van der Waals surface area contributed by atoms with Gasteiger partial charge in [-0.1, -0.05) is 13.0 Å². The van der Waals surface area contributed by atoms with E-state index in [1.54, 1.807) is 0 Å².